The van der Waals surface area contributed by atoms with Gasteiger partial charge in [-0.15, -0.1) is 0 Å². The monoisotopic (exact) mass is 411 g/mol. The molecule has 0 aliphatic heterocycles. The molecule has 3 rings (SSSR count). The van der Waals surface area contributed by atoms with Crippen molar-refractivity contribution in [1.82, 2.24) is 9.97 Å². The molecule has 26 heavy (non-hydrogen) atoms. The van der Waals surface area contributed by atoms with Crippen molar-refractivity contribution in [3.05, 3.63) is 82.7 Å². The molecule has 0 aliphatic rings. The highest BCUT2D eigenvalue weighted by Crippen LogP contribution is 2.23. The zero-order valence-corrected chi connectivity index (χ0v) is 15.6. The predicted molar refractivity (Wildman–Crippen MR) is 104 cm³/mol. The van der Waals surface area contributed by atoms with E-state index in [1.807, 2.05) is 36.4 Å². The highest BCUT2D eigenvalue weighted by Gasteiger charge is 2.10. The Hall–Kier alpha value is -2.73. The Balaban J connectivity index is 1.59. The molecule has 5 nitrogen and oxygen atoms in total. The van der Waals surface area contributed by atoms with Crippen LogP contribution in [0.25, 0.3) is 0 Å². The van der Waals surface area contributed by atoms with Crippen molar-refractivity contribution in [3.63, 3.8) is 0 Å². The number of ether oxygens (including phenoxy) is 1. The average molecular weight is 412 g/mol. The topological polar surface area (TPSA) is 64.1 Å². The zero-order chi connectivity index (χ0) is 18.2. The van der Waals surface area contributed by atoms with Gasteiger partial charge in [-0.1, -0.05) is 34.1 Å². The van der Waals surface area contributed by atoms with Gasteiger partial charge in [-0.3, -0.25) is 9.78 Å². The van der Waals surface area contributed by atoms with E-state index >= 15 is 0 Å². The maximum absolute atomic E-state index is 12.3. The van der Waals surface area contributed by atoms with Crippen LogP contribution in [0, 0.1) is 0 Å². The van der Waals surface area contributed by atoms with Crippen LogP contribution >= 0.6 is 15.9 Å². The number of hydrogen-bond donors (Lipinski definition) is 1. The van der Waals surface area contributed by atoms with Crippen LogP contribution < -0.4 is 10.1 Å². The fourth-order valence-corrected chi connectivity index (χ4v) is 2.87. The second-order valence-corrected chi connectivity index (χ2v) is 6.49. The van der Waals surface area contributed by atoms with Crippen molar-refractivity contribution in [2.75, 3.05) is 5.32 Å². The number of halogens is 1. The molecule has 0 saturated carbocycles. The highest BCUT2D eigenvalue weighted by atomic mass is 79.9. The minimum atomic E-state index is -0.104. The standard InChI is InChI=1S/C20H18BrN3O2/c21-17-5-2-1-4-16(17)7-8-19(25)24-20-18(6-3-11-23-20)26-14-15-9-12-22-13-10-15/h1-6,9-13H,7-8,14H2,(H,23,24,25). The summed E-state index contributed by atoms with van der Waals surface area (Å²) in [5.74, 6) is 0.866. The van der Waals surface area contributed by atoms with E-state index < -0.39 is 0 Å². The first kappa shape index (κ1) is 18.1. The summed E-state index contributed by atoms with van der Waals surface area (Å²) in [4.78, 5) is 20.5. The summed E-state index contributed by atoms with van der Waals surface area (Å²) < 4.78 is 6.80. The van der Waals surface area contributed by atoms with E-state index in [-0.39, 0.29) is 5.91 Å². The Kier molecular flexibility index (Phi) is 6.33. The summed E-state index contributed by atoms with van der Waals surface area (Å²) in [6, 6.07) is 15.2. The Bertz CT molecular complexity index is 872. The van der Waals surface area contributed by atoms with E-state index in [4.69, 9.17) is 4.74 Å². The molecule has 0 saturated heterocycles. The van der Waals surface area contributed by atoms with Crippen LogP contribution in [0.15, 0.2) is 71.6 Å². The van der Waals surface area contributed by atoms with Gasteiger partial charge in [-0.05, 0) is 47.9 Å². The van der Waals surface area contributed by atoms with Crippen LogP contribution in [0.4, 0.5) is 5.82 Å². The molecule has 2 aromatic heterocycles. The number of nitrogens with zero attached hydrogens (tertiary/aromatic N) is 2. The Morgan fingerprint density at radius 3 is 2.65 bits per heavy atom. The van der Waals surface area contributed by atoms with Crippen molar-refractivity contribution in [1.29, 1.82) is 0 Å². The van der Waals surface area contributed by atoms with Crippen molar-refractivity contribution >= 4 is 27.7 Å². The Morgan fingerprint density at radius 2 is 1.85 bits per heavy atom. The number of nitrogens with one attached hydrogen (secondary N) is 1. The van der Waals surface area contributed by atoms with Crippen LogP contribution in [0.3, 0.4) is 0 Å². The van der Waals surface area contributed by atoms with Gasteiger partial charge in [-0.2, -0.15) is 0 Å². The number of anilines is 1. The third-order valence-corrected chi connectivity index (χ3v) is 4.53. The molecule has 0 spiro atoms. The number of aromatic nitrogens is 2. The maximum atomic E-state index is 12.3. The molecule has 6 heteroatoms. The van der Waals surface area contributed by atoms with Crippen molar-refractivity contribution in [2.45, 2.75) is 19.4 Å². The first-order valence-corrected chi connectivity index (χ1v) is 9.01. The second kappa shape index (κ2) is 9.10. The third-order valence-electron chi connectivity index (χ3n) is 3.75. The van der Waals surface area contributed by atoms with E-state index in [1.165, 1.54) is 0 Å². The average Bonchev–Trinajstić information content (AvgIpc) is 2.67. The molecule has 0 aliphatic carbocycles. The third kappa shape index (κ3) is 5.13. The van der Waals surface area contributed by atoms with Gasteiger partial charge in [0.15, 0.2) is 11.6 Å². The number of carbonyl (C=O) groups excluding carboxylic acids is 1. The molecular weight excluding hydrogens is 394 g/mol. The number of hydrogen-bond acceptors (Lipinski definition) is 4. The van der Waals surface area contributed by atoms with E-state index in [0.717, 1.165) is 15.6 Å². The zero-order valence-electron chi connectivity index (χ0n) is 14.1. The SMILES string of the molecule is O=C(CCc1ccccc1Br)Nc1ncccc1OCc1ccncc1. The lowest BCUT2D eigenvalue weighted by Gasteiger charge is -2.11. The number of carbonyl (C=O) groups is 1. The molecule has 1 amide bonds. The normalized spacial score (nSPS) is 10.3. The summed E-state index contributed by atoms with van der Waals surface area (Å²) >= 11 is 3.50. The second-order valence-electron chi connectivity index (χ2n) is 5.63. The van der Waals surface area contributed by atoms with Gasteiger partial charge >= 0.3 is 0 Å². The molecule has 0 fully saturated rings. The van der Waals surface area contributed by atoms with Crippen LogP contribution in [0.2, 0.25) is 0 Å². The van der Waals surface area contributed by atoms with Gasteiger partial charge in [0.25, 0.3) is 0 Å². The first-order chi connectivity index (χ1) is 12.7. The van der Waals surface area contributed by atoms with Gasteiger partial charge in [0.05, 0.1) is 0 Å². The predicted octanol–water partition coefficient (Wildman–Crippen LogP) is 4.39. The summed E-state index contributed by atoms with van der Waals surface area (Å²) in [7, 11) is 0. The highest BCUT2D eigenvalue weighted by molar-refractivity contribution is 9.10. The molecule has 0 atom stereocenters. The van der Waals surface area contributed by atoms with E-state index in [0.29, 0.717) is 31.0 Å². The summed E-state index contributed by atoms with van der Waals surface area (Å²) in [6.45, 7) is 0.383. The van der Waals surface area contributed by atoms with E-state index in [9.17, 15) is 4.79 Å². The molecular formula is C20H18BrN3O2. The smallest absolute Gasteiger partial charge is 0.225 e. The van der Waals surface area contributed by atoms with Gasteiger partial charge in [0.1, 0.15) is 6.61 Å². The van der Waals surface area contributed by atoms with Crippen molar-refractivity contribution < 1.29 is 9.53 Å². The molecule has 132 valence electrons. The van der Waals surface area contributed by atoms with Gasteiger partial charge in [-0.25, -0.2) is 4.98 Å². The first-order valence-electron chi connectivity index (χ1n) is 8.22. The Labute approximate surface area is 160 Å². The summed E-state index contributed by atoms with van der Waals surface area (Å²) in [5, 5.41) is 2.83. The molecule has 2 heterocycles. The maximum Gasteiger partial charge on any atom is 0.225 e. The fourth-order valence-electron chi connectivity index (χ4n) is 2.38. The quantitative estimate of drug-likeness (QED) is 0.625. The van der Waals surface area contributed by atoms with E-state index in [2.05, 4.69) is 31.2 Å². The summed E-state index contributed by atoms with van der Waals surface area (Å²) in [5.41, 5.74) is 2.09. The van der Waals surface area contributed by atoms with Gasteiger partial charge < -0.3 is 10.1 Å². The van der Waals surface area contributed by atoms with Crippen molar-refractivity contribution in [2.24, 2.45) is 0 Å². The lowest BCUT2D eigenvalue weighted by Crippen LogP contribution is -2.14. The Morgan fingerprint density at radius 1 is 1.04 bits per heavy atom. The minimum absolute atomic E-state index is 0.104. The number of pyridine rings is 2. The van der Waals surface area contributed by atoms with Crippen LogP contribution in [-0.4, -0.2) is 15.9 Å². The number of rotatable bonds is 7. The molecule has 0 radical (unpaired) electrons. The largest absolute Gasteiger partial charge is 0.485 e. The lowest BCUT2D eigenvalue weighted by atomic mass is 10.1. The van der Waals surface area contributed by atoms with Crippen LogP contribution in [0.1, 0.15) is 17.5 Å². The molecule has 1 aromatic carbocycles. The lowest BCUT2D eigenvalue weighted by molar-refractivity contribution is -0.116. The van der Waals surface area contributed by atoms with Crippen LogP contribution in [-0.2, 0) is 17.8 Å². The fraction of sp³-hybridized carbons (Fsp3) is 0.150. The van der Waals surface area contributed by atoms with Gasteiger partial charge in [0, 0.05) is 29.5 Å². The summed E-state index contributed by atoms with van der Waals surface area (Å²) in [6.07, 6.45) is 6.07. The number of benzene rings is 1. The molecule has 3 aromatic rings. The molecule has 0 unspecified atom stereocenters. The number of aryl methyl sites for hydroxylation is 1. The molecule has 0 bridgehead atoms. The minimum Gasteiger partial charge on any atom is -0.485 e. The van der Waals surface area contributed by atoms with E-state index in [1.54, 1.807) is 30.7 Å². The van der Waals surface area contributed by atoms with Crippen LogP contribution in [0.5, 0.6) is 5.75 Å². The molecule has 1 N–H and O–H groups in total. The van der Waals surface area contributed by atoms with Gasteiger partial charge in [0.2, 0.25) is 5.91 Å². The van der Waals surface area contributed by atoms with Crippen molar-refractivity contribution in [3.8, 4) is 5.75 Å². The number of amides is 1.